The van der Waals surface area contributed by atoms with Crippen LogP contribution in [0.1, 0.15) is 32.3 Å². The lowest BCUT2D eigenvalue weighted by atomic mass is 9.99. The van der Waals surface area contributed by atoms with Crippen molar-refractivity contribution in [3.8, 4) is 0 Å². The molecule has 0 saturated carbocycles. The summed E-state index contributed by atoms with van der Waals surface area (Å²) in [6, 6.07) is 11.8. The Balaban J connectivity index is 1.51. The average molecular weight is 476 g/mol. The maximum absolute atomic E-state index is 13.4. The van der Waals surface area contributed by atoms with Gasteiger partial charge in [0, 0.05) is 42.5 Å². The van der Waals surface area contributed by atoms with Gasteiger partial charge in [0.2, 0.25) is 21.8 Å². The van der Waals surface area contributed by atoms with Gasteiger partial charge >= 0.3 is 0 Å². The van der Waals surface area contributed by atoms with Crippen LogP contribution in [0.2, 0.25) is 5.02 Å². The minimum atomic E-state index is -3.76. The standard InChI is InChI=1S/C23H26ClN3O4S/c1-15-11-18-12-21(8-9-22(18)27(15)16(2)28)32(30,31)26-10-4-5-17(14-26)23(29)25-20-7-3-6-19(24)13-20/h3,6-9,12-13,15,17H,4-5,10-11,14H2,1-2H3,(H,25,29)/t15-,17+/m0/s1. The van der Waals surface area contributed by atoms with Gasteiger partial charge in [-0.2, -0.15) is 4.31 Å². The van der Waals surface area contributed by atoms with Crippen molar-refractivity contribution in [3.63, 3.8) is 0 Å². The fourth-order valence-electron chi connectivity index (χ4n) is 4.58. The summed E-state index contributed by atoms with van der Waals surface area (Å²) in [6.45, 7) is 3.96. The summed E-state index contributed by atoms with van der Waals surface area (Å²) in [7, 11) is -3.76. The Hall–Kier alpha value is -2.42. The van der Waals surface area contributed by atoms with Gasteiger partial charge in [-0.3, -0.25) is 9.59 Å². The van der Waals surface area contributed by atoms with E-state index in [0.717, 1.165) is 11.3 Å². The highest BCUT2D eigenvalue weighted by Crippen LogP contribution is 2.35. The molecule has 2 aromatic carbocycles. The molecule has 2 aliphatic rings. The number of benzene rings is 2. The molecule has 0 unspecified atom stereocenters. The first-order valence-corrected chi connectivity index (χ1v) is 12.5. The molecule has 4 rings (SSSR count). The van der Waals surface area contributed by atoms with E-state index in [9.17, 15) is 18.0 Å². The van der Waals surface area contributed by atoms with Crippen molar-refractivity contribution >= 4 is 44.8 Å². The normalized spacial score (nSPS) is 21.3. The number of carbonyl (C=O) groups excluding carboxylic acids is 2. The molecule has 0 aliphatic carbocycles. The zero-order chi connectivity index (χ0) is 23.0. The van der Waals surface area contributed by atoms with E-state index in [-0.39, 0.29) is 29.3 Å². The molecule has 9 heteroatoms. The highest BCUT2D eigenvalue weighted by molar-refractivity contribution is 7.89. The molecule has 7 nitrogen and oxygen atoms in total. The van der Waals surface area contributed by atoms with E-state index in [4.69, 9.17) is 11.6 Å². The molecule has 2 heterocycles. The lowest BCUT2D eigenvalue weighted by Gasteiger charge is -2.31. The van der Waals surface area contributed by atoms with E-state index in [1.54, 1.807) is 47.4 Å². The Morgan fingerprint density at radius 1 is 1.16 bits per heavy atom. The van der Waals surface area contributed by atoms with Crippen molar-refractivity contribution < 1.29 is 18.0 Å². The van der Waals surface area contributed by atoms with Crippen LogP contribution in [0, 0.1) is 5.92 Å². The van der Waals surface area contributed by atoms with Gasteiger partial charge in [0.1, 0.15) is 0 Å². The average Bonchev–Trinajstić information content (AvgIpc) is 3.09. The minimum absolute atomic E-state index is 0.00462. The Labute approximate surface area is 193 Å². The topological polar surface area (TPSA) is 86.8 Å². The van der Waals surface area contributed by atoms with Crippen LogP contribution in [0.5, 0.6) is 0 Å². The summed E-state index contributed by atoms with van der Waals surface area (Å²) in [5.74, 6) is -0.719. The summed E-state index contributed by atoms with van der Waals surface area (Å²) in [5.41, 5.74) is 2.20. The van der Waals surface area contributed by atoms with Crippen LogP contribution in [-0.4, -0.2) is 43.7 Å². The van der Waals surface area contributed by atoms with Crippen molar-refractivity contribution in [2.45, 2.75) is 44.0 Å². The SMILES string of the molecule is CC(=O)N1c2ccc(S(=O)(=O)N3CCC[C@@H](C(=O)Nc4cccc(Cl)c4)C3)cc2C[C@@H]1C. The number of carbonyl (C=O) groups is 2. The molecule has 0 bridgehead atoms. The number of hydrogen-bond donors (Lipinski definition) is 1. The molecular formula is C23H26ClN3O4S. The molecule has 0 aromatic heterocycles. The van der Waals surface area contributed by atoms with E-state index in [1.807, 2.05) is 6.92 Å². The number of rotatable bonds is 4. The fourth-order valence-corrected chi connectivity index (χ4v) is 6.35. The maximum atomic E-state index is 13.4. The van der Waals surface area contributed by atoms with Crippen molar-refractivity contribution in [1.82, 2.24) is 4.31 Å². The van der Waals surface area contributed by atoms with Crippen LogP contribution >= 0.6 is 11.6 Å². The Kier molecular flexibility index (Phi) is 6.29. The van der Waals surface area contributed by atoms with E-state index in [2.05, 4.69) is 5.32 Å². The van der Waals surface area contributed by atoms with E-state index in [1.165, 1.54) is 11.2 Å². The first-order chi connectivity index (χ1) is 15.2. The largest absolute Gasteiger partial charge is 0.326 e. The molecule has 2 atom stereocenters. The quantitative estimate of drug-likeness (QED) is 0.730. The van der Waals surface area contributed by atoms with E-state index < -0.39 is 15.9 Å². The smallest absolute Gasteiger partial charge is 0.243 e. The molecule has 32 heavy (non-hydrogen) atoms. The number of amides is 2. The van der Waals surface area contributed by atoms with Gasteiger partial charge < -0.3 is 10.2 Å². The third-order valence-corrected chi connectivity index (χ3v) is 8.19. The van der Waals surface area contributed by atoms with Gasteiger partial charge in [0.05, 0.1) is 10.8 Å². The molecule has 1 saturated heterocycles. The van der Waals surface area contributed by atoms with Crippen LogP contribution in [0.25, 0.3) is 0 Å². The van der Waals surface area contributed by atoms with E-state index in [0.29, 0.717) is 36.5 Å². The first kappa shape index (κ1) is 22.8. The number of nitrogens with one attached hydrogen (secondary N) is 1. The van der Waals surface area contributed by atoms with Crippen LogP contribution in [0.3, 0.4) is 0 Å². The Morgan fingerprint density at radius 2 is 1.94 bits per heavy atom. The number of nitrogens with zero attached hydrogens (tertiary/aromatic N) is 2. The summed E-state index contributed by atoms with van der Waals surface area (Å²) in [4.78, 5) is 26.6. The maximum Gasteiger partial charge on any atom is 0.243 e. The summed E-state index contributed by atoms with van der Waals surface area (Å²) in [6.07, 6.45) is 1.84. The van der Waals surface area contributed by atoms with Crippen LogP contribution < -0.4 is 10.2 Å². The lowest BCUT2D eigenvalue weighted by molar-refractivity contribution is -0.121. The highest BCUT2D eigenvalue weighted by atomic mass is 35.5. The summed E-state index contributed by atoms with van der Waals surface area (Å²) >= 11 is 5.98. The van der Waals surface area contributed by atoms with Crippen LogP contribution in [-0.2, 0) is 26.0 Å². The molecule has 2 aromatic rings. The molecule has 0 radical (unpaired) electrons. The third kappa shape index (κ3) is 4.40. The lowest BCUT2D eigenvalue weighted by Crippen LogP contribution is -2.43. The predicted octanol–water partition coefficient (Wildman–Crippen LogP) is 3.68. The van der Waals surface area contributed by atoms with Crippen LogP contribution in [0.15, 0.2) is 47.4 Å². The minimum Gasteiger partial charge on any atom is -0.326 e. The van der Waals surface area contributed by atoms with Gasteiger partial charge in [0.15, 0.2) is 0 Å². The Bertz CT molecular complexity index is 1170. The highest BCUT2D eigenvalue weighted by Gasteiger charge is 2.35. The number of piperidine rings is 1. The number of hydrogen-bond acceptors (Lipinski definition) is 4. The van der Waals surface area contributed by atoms with E-state index >= 15 is 0 Å². The number of halogens is 1. The zero-order valence-electron chi connectivity index (χ0n) is 18.0. The molecule has 1 fully saturated rings. The van der Waals surface area contributed by atoms with Crippen molar-refractivity contribution in [3.05, 3.63) is 53.1 Å². The molecule has 2 amide bonds. The van der Waals surface area contributed by atoms with Gasteiger partial charge in [0.25, 0.3) is 0 Å². The van der Waals surface area contributed by atoms with Gasteiger partial charge in [-0.15, -0.1) is 0 Å². The molecular weight excluding hydrogens is 450 g/mol. The summed E-state index contributed by atoms with van der Waals surface area (Å²) in [5, 5.41) is 3.35. The number of sulfonamides is 1. The monoisotopic (exact) mass is 475 g/mol. The van der Waals surface area contributed by atoms with Crippen molar-refractivity contribution in [2.24, 2.45) is 5.92 Å². The Morgan fingerprint density at radius 3 is 2.66 bits per heavy atom. The molecule has 170 valence electrons. The zero-order valence-corrected chi connectivity index (χ0v) is 19.6. The molecule has 0 spiro atoms. The second-order valence-corrected chi connectivity index (χ2v) is 10.8. The molecule has 2 aliphatic heterocycles. The number of fused-ring (bicyclic) bond motifs is 1. The van der Waals surface area contributed by atoms with Crippen molar-refractivity contribution in [2.75, 3.05) is 23.3 Å². The first-order valence-electron chi connectivity index (χ1n) is 10.7. The summed E-state index contributed by atoms with van der Waals surface area (Å²) < 4.78 is 28.1. The second kappa shape index (κ2) is 8.84. The third-order valence-electron chi connectivity index (χ3n) is 6.09. The van der Waals surface area contributed by atoms with Gasteiger partial charge in [-0.05, 0) is 68.1 Å². The molecule has 1 N–H and O–H groups in total. The van der Waals surface area contributed by atoms with Gasteiger partial charge in [-0.1, -0.05) is 17.7 Å². The predicted molar refractivity (Wildman–Crippen MR) is 124 cm³/mol. The fraction of sp³-hybridized carbons (Fsp3) is 0.391. The van der Waals surface area contributed by atoms with Gasteiger partial charge in [-0.25, -0.2) is 8.42 Å². The number of anilines is 2. The second-order valence-electron chi connectivity index (χ2n) is 8.43. The van der Waals surface area contributed by atoms with Crippen LogP contribution in [0.4, 0.5) is 11.4 Å². The van der Waals surface area contributed by atoms with Crippen molar-refractivity contribution in [1.29, 1.82) is 0 Å².